The highest BCUT2D eigenvalue weighted by Crippen LogP contribution is 2.34. The molecule has 0 radical (unpaired) electrons. The number of morpholine rings is 1. The lowest BCUT2D eigenvalue weighted by Gasteiger charge is -2.28. The van der Waals surface area contributed by atoms with Gasteiger partial charge in [-0.3, -0.25) is 9.36 Å². The predicted molar refractivity (Wildman–Crippen MR) is 125 cm³/mol. The van der Waals surface area contributed by atoms with Gasteiger partial charge in [-0.1, -0.05) is 42.1 Å². The van der Waals surface area contributed by atoms with E-state index in [2.05, 4.69) is 37.1 Å². The van der Waals surface area contributed by atoms with E-state index in [0.717, 1.165) is 24.6 Å². The van der Waals surface area contributed by atoms with Gasteiger partial charge in [0, 0.05) is 24.8 Å². The molecule has 33 heavy (non-hydrogen) atoms. The smallest absolute Gasteiger partial charge is 0.237 e. The largest absolute Gasteiger partial charge is 0.454 e. The number of rotatable bonds is 7. The van der Waals surface area contributed by atoms with Crippen LogP contribution < -0.4 is 19.7 Å². The molecule has 0 spiro atoms. The van der Waals surface area contributed by atoms with Crippen LogP contribution >= 0.6 is 11.8 Å². The SMILES string of the molecule is C[C@@H](Sc1nnc(N2CCOCC2)n1Cc1ccccc1)C(=O)Nc1ccc2c(c1)OCO2. The number of hydrogen-bond donors (Lipinski definition) is 1. The average Bonchev–Trinajstić information content (AvgIpc) is 3.47. The van der Waals surface area contributed by atoms with Gasteiger partial charge in [-0.2, -0.15) is 0 Å². The maximum absolute atomic E-state index is 12.9. The van der Waals surface area contributed by atoms with Crippen LogP contribution in [0.4, 0.5) is 11.6 Å². The van der Waals surface area contributed by atoms with Crippen molar-refractivity contribution in [3.8, 4) is 11.5 Å². The number of fused-ring (bicyclic) bond motifs is 1. The van der Waals surface area contributed by atoms with Crippen molar-refractivity contribution in [1.29, 1.82) is 0 Å². The molecule has 1 aromatic heterocycles. The van der Waals surface area contributed by atoms with E-state index in [1.54, 1.807) is 18.2 Å². The van der Waals surface area contributed by atoms with Crippen LogP contribution in [0, 0.1) is 0 Å². The summed E-state index contributed by atoms with van der Waals surface area (Å²) in [6, 6.07) is 15.5. The van der Waals surface area contributed by atoms with E-state index in [0.29, 0.717) is 42.1 Å². The van der Waals surface area contributed by atoms with Crippen molar-refractivity contribution in [2.75, 3.05) is 43.3 Å². The summed E-state index contributed by atoms with van der Waals surface area (Å²) in [6.07, 6.45) is 0. The lowest BCUT2D eigenvalue weighted by molar-refractivity contribution is -0.115. The van der Waals surface area contributed by atoms with Crippen LogP contribution in [0.3, 0.4) is 0 Å². The molecule has 1 N–H and O–H groups in total. The van der Waals surface area contributed by atoms with Crippen molar-refractivity contribution in [3.05, 3.63) is 54.1 Å². The molecule has 0 bridgehead atoms. The Morgan fingerprint density at radius 1 is 1.09 bits per heavy atom. The minimum atomic E-state index is -0.383. The quantitative estimate of drug-likeness (QED) is 0.531. The zero-order valence-electron chi connectivity index (χ0n) is 18.3. The van der Waals surface area contributed by atoms with Crippen LogP contribution in [0.1, 0.15) is 12.5 Å². The minimum absolute atomic E-state index is 0.124. The Bertz CT molecular complexity index is 1120. The van der Waals surface area contributed by atoms with E-state index in [1.165, 1.54) is 11.8 Å². The van der Waals surface area contributed by atoms with Gasteiger partial charge in [0.1, 0.15) is 0 Å². The van der Waals surface area contributed by atoms with E-state index in [9.17, 15) is 4.79 Å². The van der Waals surface area contributed by atoms with Crippen LogP contribution in [0.15, 0.2) is 53.7 Å². The van der Waals surface area contributed by atoms with Gasteiger partial charge >= 0.3 is 0 Å². The monoisotopic (exact) mass is 467 g/mol. The number of carbonyl (C=O) groups excluding carboxylic acids is 1. The summed E-state index contributed by atoms with van der Waals surface area (Å²) in [6.45, 7) is 5.53. The van der Waals surface area contributed by atoms with Crippen LogP contribution in [0.5, 0.6) is 11.5 Å². The number of amides is 1. The molecule has 172 valence electrons. The molecule has 1 saturated heterocycles. The first-order valence-corrected chi connectivity index (χ1v) is 11.7. The summed E-state index contributed by atoms with van der Waals surface area (Å²) in [5.74, 6) is 1.99. The molecule has 0 unspecified atom stereocenters. The number of nitrogens with one attached hydrogen (secondary N) is 1. The van der Waals surface area contributed by atoms with Crippen molar-refractivity contribution >= 4 is 29.3 Å². The van der Waals surface area contributed by atoms with E-state index in [4.69, 9.17) is 14.2 Å². The zero-order valence-corrected chi connectivity index (χ0v) is 19.1. The number of carbonyl (C=O) groups is 1. The van der Waals surface area contributed by atoms with Gasteiger partial charge in [0.05, 0.1) is 25.0 Å². The summed E-state index contributed by atoms with van der Waals surface area (Å²) in [7, 11) is 0. The first-order valence-electron chi connectivity index (χ1n) is 10.8. The summed E-state index contributed by atoms with van der Waals surface area (Å²) < 4.78 is 18.3. The van der Waals surface area contributed by atoms with Gasteiger partial charge in [-0.25, -0.2) is 0 Å². The fourth-order valence-electron chi connectivity index (χ4n) is 3.70. The highest BCUT2D eigenvalue weighted by Gasteiger charge is 2.24. The highest BCUT2D eigenvalue weighted by atomic mass is 32.2. The molecule has 3 heterocycles. The molecule has 2 aliphatic heterocycles. The molecular formula is C23H25N5O4S. The molecule has 0 aliphatic carbocycles. The normalized spacial score (nSPS) is 16.0. The van der Waals surface area contributed by atoms with E-state index in [1.807, 2.05) is 25.1 Å². The molecule has 0 saturated carbocycles. The topological polar surface area (TPSA) is 90.7 Å². The molecule has 1 fully saturated rings. The molecular weight excluding hydrogens is 442 g/mol. The van der Waals surface area contributed by atoms with Gasteiger partial charge in [0.15, 0.2) is 16.7 Å². The zero-order chi connectivity index (χ0) is 22.6. The van der Waals surface area contributed by atoms with Crippen molar-refractivity contribution in [2.24, 2.45) is 0 Å². The van der Waals surface area contributed by atoms with Gasteiger partial charge in [0.2, 0.25) is 18.6 Å². The molecule has 3 aromatic rings. The van der Waals surface area contributed by atoms with Gasteiger partial charge in [0.25, 0.3) is 0 Å². The van der Waals surface area contributed by atoms with E-state index >= 15 is 0 Å². The number of anilines is 2. The maximum Gasteiger partial charge on any atom is 0.237 e. The van der Waals surface area contributed by atoms with Crippen LogP contribution in [-0.2, 0) is 16.1 Å². The van der Waals surface area contributed by atoms with E-state index < -0.39 is 0 Å². The fraction of sp³-hybridized carbons (Fsp3) is 0.348. The minimum Gasteiger partial charge on any atom is -0.454 e. The standard InChI is InChI=1S/C23H25N5O4S/c1-16(21(29)24-18-7-8-19-20(13-18)32-15-31-19)33-23-26-25-22(27-9-11-30-12-10-27)28(23)14-17-5-3-2-4-6-17/h2-8,13,16H,9-12,14-15H2,1H3,(H,24,29)/t16-/m1/s1. The third kappa shape index (κ3) is 4.91. The Balaban J connectivity index is 1.33. The fourth-order valence-corrected chi connectivity index (χ4v) is 4.54. The molecule has 1 amide bonds. The number of benzene rings is 2. The van der Waals surface area contributed by atoms with Crippen LogP contribution in [-0.4, -0.2) is 59.0 Å². The maximum atomic E-state index is 12.9. The third-order valence-corrected chi connectivity index (χ3v) is 6.55. The first kappa shape index (κ1) is 21.6. The second kappa shape index (κ2) is 9.72. The average molecular weight is 468 g/mol. The number of aromatic nitrogens is 3. The second-order valence-corrected chi connectivity index (χ2v) is 9.08. The number of hydrogen-bond acceptors (Lipinski definition) is 8. The number of nitrogens with zero attached hydrogens (tertiary/aromatic N) is 4. The van der Waals surface area contributed by atoms with Crippen molar-refractivity contribution < 1.29 is 19.0 Å². The first-order chi connectivity index (χ1) is 16.2. The molecule has 5 rings (SSSR count). The molecule has 2 aliphatic rings. The summed E-state index contributed by atoms with van der Waals surface area (Å²) in [4.78, 5) is 15.1. The van der Waals surface area contributed by atoms with Gasteiger partial charge in [-0.05, 0) is 24.6 Å². The highest BCUT2D eigenvalue weighted by molar-refractivity contribution is 8.00. The van der Waals surface area contributed by atoms with Crippen LogP contribution in [0.2, 0.25) is 0 Å². The number of thioether (sulfide) groups is 1. The number of ether oxygens (including phenoxy) is 3. The van der Waals surface area contributed by atoms with Crippen LogP contribution in [0.25, 0.3) is 0 Å². The van der Waals surface area contributed by atoms with Gasteiger partial charge in [-0.15, -0.1) is 10.2 Å². The van der Waals surface area contributed by atoms with Crippen molar-refractivity contribution in [3.63, 3.8) is 0 Å². The Hall–Kier alpha value is -3.24. The Morgan fingerprint density at radius 2 is 1.88 bits per heavy atom. The predicted octanol–water partition coefficient (Wildman–Crippen LogP) is 3.01. The van der Waals surface area contributed by atoms with Crippen molar-refractivity contribution in [2.45, 2.75) is 23.9 Å². The lowest BCUT2D eigenvalue weighted by atomic mass is 10.2. The van der Waals surface area contributed by atoms with E-state index in [-0.39, 0.29) is 18.0 Å². The Labute approximate surface area is 196 Å². The molecule has 1 atom stereocenters. The Kier molecular flexibility index (Phi) is 6.36. The lowest BCUT2D eigenvalue weighted by Crippen LogP contribution is -2.38. The van der Waals surface area contributed by atoms with Gasteiger partial charge < -0.3 is 24.4 Å². The molecule has 9 nitrogen and oxygen atoms in total. The summed E-state index contributed by atoms with van der Waals surface area (Å²) in [5, 5.41) is 12.2. The second-order valence-electron chi connectivity index (χ2n) is 7.77. The molecule has 2 aromatic carbocycles. The summed E-state index contributed by atoms with van der Waals surface area (Å²) >= 11 is 1.39. The third-order valence-electron chi connectivity index (χ3n) is 5.47. The Morgan fingerprint density at radius 3 is 2.70 bits per heavy atom. The molecule has 10 heteroatoms. The summed E-state index contributed by atoms with van der Waals surface area (Å²) in [5.41, 5.74) is 1.81. The van der Waals surface area contributed by atoms with Crippen molar-refractivity contribution in [1.82, 2.24) is 14.8 Å².